The molecular weight excluding hydrogens is 278 g/mol. The molecule has 1 N–H and O–H groups in total. The summed E-state index contributed by atoms with van der Waals surface area (Å²) in [5.74, 6) is -1.40. The van der Waals surface area contributed by atoms with Crippen molar-refractivity contribution < 1.29 is 9.90 Å². The lowest BCUT2D eigenvalue weighted by atomic mass is 9.99. The number of carboxylic acids is 1. The highest BCUT2D eigenvalue weighted by molar-refractivity contribution is 7.12. The van der Waals surface area contributed by atoms with E-state index in [2.05, 4.69) is 9.97 Å². The van der Waals surface area contributed by atoms with Gasteiger partial charge in [0.05, 0.1) is 5.92 Å². The van der Waals surface area contributed by atoms with Gasteiger partial charge >= 0.3 is 11.7 Å². The number of aliphatic carboxylic acids is 1. The fraction of sp³-hybridized carbons (Fsp3) is 0.385. The SMILES string of the molecule is Cc1nc(=O)n(-c2nccs2)c(C)c1CC(C)C(=O)O. The van der Waals surface area contributed by atoms with E-state index in [1.165, 1.54) is 15.9 Å². The molecular formula is C13H15N3O3S. The number of rotatable bonds is 4. The molecule has 0 aliphatic carbocycles. The highest BCUT2D eigenvalue weighted by atomic mass is 32.1. The zero-order valence-corrected chi connectivity index (χ0v) is 12.3. The molecule has 1 unspecified atom stereocenters. The molecule has 0 aliphatic rings. The molecule has 106 valence electrons. The number of hydrogen-bond acceptors (Lipinski definition) is 5. The zero-order valence-electron chi connectivity index (χ0n) is 11.5. The van der Waals surface area contributed by atoms with Gasteiger partial charge in [0.15, 0.2) is 5.13 Å². The first-order valence-electron chi connectivity index (χ1n) is 6.13. The third kappa shape index (κ3) is 2.62. The number of carboxylic acid groups (broad SMARTS) is 1. The van der Waals surface area contributed by atoms with Gasteiger partial charge in [0.25, 0.3) is 0 Å². The van der Waals surface area contributed by atoms with Gasteiger partial charge in [-0.05, 0) is 25.8 Å². The van der Waals surface area contributed by atoms with Crippen LogP contribution in [-0.4, -0.2) is 25.6 Å². The number of thiazole rings is 1. The molecule has 0 radical (unpaired) electrons. The second kappa shape index (κ2) is 5.54. The molecule has 0 saturated carbocycles. The van der Waals surface area contributed by atoms with Crippen LogP contribution in [0, 0.1) is 19.8 Å². The zero-order chi connectivity index (χ0) is 14.9. The van der Waals surface area contributed by atoms with E-state index in [-0.39, 0.29) is 5.69 Å². The second-order valence-electron chi connectivity index (χ2n) is 4.64. The van der Waals surface area contributed by atoms with Crippen molar-refractivity contribution in [2.45, 2.75) is 27.2 Å². The summed E-state index contributed by atoms with van der Waals surface area (Å²) < 4.78 is 1.43. The summed E-state index contributed by atoms with van der Waals surface area (Å²) in [7, 11) is 0. The summed E-state index contributed by atoms with van der Waals surface area (Å²) in [6.45, 7) is 5.16. The summed E-state index contributed by atoms with van der Waals surface area (Å²) in [5.41, 5.74) is 1.68. The highest BCUT2D eigenvalue weighted by Crippen LogP contribution is 2.19. The predicted octanol–water partition coefficient (Wildman–Crippen LogP) is 1.57. The van der Waals surface area contributed by atoms with Crippen molar-refractivity contribution in [1.82, 2.24) is 14.5 Å². The molecule has 7 heteroatoms. The minimum atomic E-state index is -0.865. The molecule has 1 atom stereocenters. The van der Waals surface area contributed by atoms with Crippen LogP contribution in [-0.2, 0) is 11.2 Å². The maximum atomic E-state index is 12.0. The van der Waals surface area contributed by atoms with Crippen molar-refractivity contribution in [1.29, 1.82) is 0 Å². The Hall–Kier alpha value is -2.02. The largest absolute Gasteiger partial charge is 0.481 e. The first-order valence-corrected chi connectivity index (χ1v) is 7.01. The first-order chi connectivity index (χ1) is 9.41. The Bertz CT molecular complexity index is 692. The van der Waals surface area contributed by atoms with Crippen molar-refractivity contribution in [3.63, 3.8) is 0 Å². The third-order valence-corrected chi connectivity index (χ3v) is 3.96. The smallest absolute Gasteiger partial charge is 0.354 e. The van der Waals surface area contributed by atoms with Gasteiger partial charge in [0, 0.05) is 23.0 Å². The number of aryl methyl sites for hydroxylation is 1. The first kappa shape index (κ1) is 14.4. The molecule has 0 fully saturated rings. The molecule has 20 heavy (non-hydrogen) atoms. The third-order valence-electron chi connectivity index (χ3n) is 3.21. The van der Waals surface area contributed by atoms with Gasteiger partial charge in [-0.3, -0.25) is 4.79 Å². The van der Waals surface area contributed by atoms with Gasteiger partial charge in [-0.25, -0.2) is 14.3 Å². The molecule has 0 aromatic carbocycles. The molecule has 2 heterocycles. The monoisotopic (exact) mass is 293 g/mol. The van der Waals surface area contributed by atoms with E-state index in [0.29, 0.717) is 22.9 Å². The van der Waals surface area contributed by atoms with Crippen LogP contribution in [0.1, 0.15) is 23.9 Å². The topological polar surface area (TPSA) is 85.1 Å². The molecule has 0 bridgehead atoms. The van der Waals surface area contributed by atoms with E-state index in [0.717, 1.165) is 5.56 Å². The van der Waals surface area contributed by atoms with Crippen LogP contribution >= 0.6 is 11.3 Å². The van der Waals surface area contributed by atoms with Gasteiger partial charge in [0.1, 0.15) is 0 Å². The summed E-state index contributed by atoms with van der Waals surface area (Å²) in [4.78, 5) is 31.1. The second-order valence-corrected chi connectivity index (χ2v) is 5.51. The van der Waals surface area contributed by atoms with Crippen LogP contribution in [0.2, 0.25) is 0 Å². The van der Waals surface area contributed by atoms with E-state index in [1.54, 1.807) is 32.3 Å². The Morgan fingerprint density at radius 2 is 2.20 bits per heavy atom. The average molecular weight is 293 g/mol. The Morgan fingerprint density at radius 3 is 2.75 bits per heavy atom. The van der Waals surface area contributed by atoms with E-state index in [1.807, 2.05) is 0 Å². The number of aromatic nitrogens is 3. The fourth-order valence-electron chi connectivity index (χ4n) is 2.04. The molecule has 0 spiro atoms. The van der Waals surface area contributed by atoms with Crippen LogP contribution in [0.4, 0.5) is 0 Å². The predicted molar refractivity (Wildman–Crippen MR) is 75.5 cm³/mol. The van der Waals surface area contributed by atoms with Gasteiger partial charge in [-0.2, -0.15) is 4.98 Å². The standard InChI is InChI=1S/C13H15N3O3S/c1-7(11(17)18)6-10-8(2)15-12(19)16(9(10)3)13-14-4-5-20-13/h4-5,7H,6H2,1-3H3,(H,17,18). The van der Waals surface area contributed by atoms with Crippen LogP contribution < -0.4 is 5.69 Å². The number of carbonyl (C=O) groups is 1. The van der Waals surface area contributed by atoms with Gasteiger partial charge < -0.3 is 5.11 Å². The van der Waals surface area contributed by atoms with Crippen LogP contribution in [0.15, 0.2) is 16.4 Å². The van der Waals surface area contributed by atoms with Crippen molar-refractivity contribution in [2.24, 2.45) is 5.92 Å². The Morgan fingerprint density at radius 1 is 1.50 bits per heavy atom. The summed E-state index contributed by atoms with van der Waals surface area (Å²) >= 11 is 1.34. The quantitative estimate of drug-likeness (QED) is 0.924. The van der Waals surface area contributed by atoms with Crippen molar-refractivity contribution >= 4 is 17.3 Å². The number of hydrogen-bond donors (Lipinski definition) is 1. The fourth-order valence-corrected chi connectivity index (χ4v) is 2.73. The molecule has 2 aromatic rings. The van der Waals surface area contributed by atoms with Crippen LogP contribution in [0.25, 0.3) is 5.13 Å². The molecule has 2 aromatic heterocycles. The Balaban J connectivity index is 2.56. The molecule has 0 aliphatic heterocycles. The average Bonchev–Trinajstić information content (AvgIpc) is 2.87. The number of nitrogens with zero attached hydrogens (tertiary/aromatic N) is 3. The normalized spacial score (nSPS) is 12.3. The lowest BCUT2D eigenvalue weighted by molar-refractivity contribution is -0.141. The maximum absolute atomic E-state index is 12.0. The highest BCUT2D eigenvalue weighted by Gasteiger charge is 2.19. The van der Waals surface area contributed by atoms with E-state index < -0.39 is 11.9 Å². The van der Waals surface area contributed by atoms with Gasteiger partial charge in [-0.15, -0.1) is 11.3 Å². The minimum absolute atomic E-state index is 0.339. The molecule has 0 saturated heterocycles. The van der Waals surface area contributed by atoms with Gasteiger partial charge in [0.2, 0.25) is 0 Å². The Kier molecular flexibility index (Phi) is 3.99. The van der Waals surface area contributed by atoms with Crippen LogP contribution in [0.3, 0.4) is 0 Å². The lowest BCUT2D eigenvalue weighted by Gasteiger charge is -2.15. The van der Waals surface area contributed by atoms with E-state index >= 15 is 0 Å². The minimum Gasteiger partial charge on any atom is -0.481 e. The molecule has 6 nitrogen and oxygen atoms in total. The van der Waals surface area contributed by atoms with Gasteiger partial charge in [-0.1, -0.05) is 6.92 Å². The van der Waals surface area contributed by atoms with Crippen LogP contribution in [0.5, 0.6) is 0 Å². The van der Waals surface area contributed by atoms with E-state index in [9.17, 15) is 9.59 Å². The summed E-state index contributed by atoms with van der Waals surface area (Å²) in [5, 5.41) is 11.4. The van der Waals surface area contributed by atoms with Crippen molar-refractivity contribution in [2.75, 3.05) is 0 Å². The Labute approximate surface area is 119 Å². The van der Waals surface area contributed by atoms with E-state index in [4.69, 9.17) is 5.11 Å². The lowest BCUT2D eigenvalue weighted by Crippen LogP contribution is -2.27. The van der Waals surface area contributed by atoms with Crippen molar-refractivity contribution in [3.05, 3.63) is 39.0 Å². The molecule has 2 rings (SSSR count). The summed E-state index contributed by atoms with van der Waals surface area (Å²) in [6.07, 6.45) is 1.96. The summed E-state index contributed by atoms with van der Waals surface area (Å²) in [6, 6.07) is 0. The maximum Gasteiger partial charge on any atom is 0.354 e. The van der Waals surface area contributed by atoms with Crippen molar-refractivity contribution in [3.8, 4) is 5.13 Å². The molecule has 0 amide bonds.